The zero-order valence-corrected chi connectivity index (χ0v) is 16.9. The largest absolute Gasteiger partial charge is 0.495 e. The van der Waals surface area contributed by atoms with Crippen LogP contribution >= 0.6 is 0 Å². The maximum Gasteiger partial charge on any atom is 0.256 e. The fourth-order valence-electron chi connectivity index (χ4n) is 3.30. The molecular weight excluding hydrogens is 378 g/mol. The minimum absolute atomic E-state index is 0.190. The smallest absolute Gasteiger partial charge is 0.256 e. The van der Waals surface area contributed by atoms with Crippen molar-refractivity contribution in [3.63, 3.8) is 0 Å². The number of rotatable bonds is 6. The van der Waals surface area contributed by atoms with E-state index in [0.29, 0.717) is 34.2 Å². The van der Waals surface area contributed by atoms with Gasteiger partial charge in [0.15, 0.2) is 0 Å². The zero-order valence-electron chi connectivity index (χ0n) is 16.9. The predicted octanol–water partition coefficient (Wildman–Crippen LogP) is 4.78. The molecule has 0 bridgehead atoms. The van der Waals surface area contributed by atoms with Crippen LogP contribution in [0.1, 0.15) is 50.6 Å². The third-order valence-electron chi connectivity index (χ3n) is 5.14. The van der Waals surface area contributed by atoms with Crippen LogP contribution in [0.5, 0.6) is 5.75 Å². The summed E-state index contributed by atoms with van der Waals surface area (Å²) in [6, 6.07) is 14.7. The summed E-state index contributed by atoms with van der Waals surface area (Å²) in [7, 11) is 1.54. The summed E-state index contributed by atoms with van der Waals surface area (Å²) in [5.74, 6) is 0.663. The molecule has 2 amide bonds. The number of aryl methyl sites for hydroxylation is 1. The molecule has 0 unspecified atom stereocenters. The Balaban J connectivity index is 1.50. The first-order chi connectivity index (χ1) is 14.5. The maximum atomic E-state index is 12.8. The Labute approximate surface area is 175 Å². The first-order valence-electron chi connectivity index (χ1n) is 9.86. The van der Waals surface area contributed by atoms with Crippen LogP contribution in [-0.2, 0) is 0 Å². The first-order valence-corrected chi connectivity index (χ1v) is 9.86. The van der Waals surface area contributed by atoms with Gasteiger partial charge in [-0.1, -0.05) is 18.2 Å². The lowest BCUT2D eigenvalue weighted by molar-refractivity contribution is 0.101. The number of carbonyl (C=O) groups is 2. The standard InChI is InChI=1S/C24H23N3O3/c1-15-6-9-19(26-23(28)18-5-3-4-17(10-18)16-7-8-16)12-22(15)24(29)27-20-11-21(30-2)14-25-13-20/h3-6,9-14,16H,7-8H2,1-2H3,(H,26,28)(H,27,29). The highest BCUT2D eigenvalue weighted by Gasteiger charge is 2.24. The second-order valence-corrected chi connectivity index (χ2v) is 7.45. The lowest BCUT2D eigenvalue weighted by Crippen LogP contribution is -2.16. The van der Waals surface area contributed by atoms with E-state index in [9.17, 15) is 9.59 Å². The minimum atomic E-state index is -0.283. The van der Waals surface area contributed by atoms with Crippen LogP contribution < -0.4 is 15.4 Å². The Hall–Kier alpha value is -3.67. The molecule has 0 radical (unpaired) electrons. The zero-order chi connectivity index (χ0) is 21.1. The highest BCUT2D eigenvalue weighted by atomic mass is 16.5. The molecule has 1 saturated carbocycles. The van der Waals surface area contributed by atoms with Crippen molar-refractivity contribution in [2.75, 3.05) is 17.7 Å². The second-order valence-electron chi connectivity index (χ2n) is 7.45. The number of anilines is 2. The monoisotopic (exact) mass is 401 g/mol. The quantitative estimate of drug-likeness (QED) is 0.623. The Morgan fingerprint density at radius 1 is 0.967 bits per heavy atom. The molecule has 0 spiro atoms. The molecule has 4 rings (SSSR count). The minimum Gasteiger partial charge on any atom is -0.495 e. The highest BCUT2D eigenvalue weighted by Crippen LogP contribution is 2.40. The van der Waals surface area contributed by atoms with Crippen molar-refractivity contribution in [3.05, 3.63) is 83.2 Å². The molecule has 3 aromatic rings. The van der Waals surface area contributed by atoms with Crippen LogP contribution in [0.3, 0.4) is 0 Å². The number of ether oxygens (including phenoxy) is 1. The van der Waals surface area contributed by atoms with Crippen LogP contribution in [0.25, 0.3) is 0 Å². The molecule has 1 aliphatic rings. The summed E-state index contributed by atoms with van der Waals surface area (Å²) in [6.45, 7) is 1.85. The number of hydrogen-bond donors (Lipinski definition) is 2. The summed E-state index contributed by atoms with van der Waals surface area (Å²) in [4.78, 5) is 29.5. The van der Waals surface area contributed by atoms with E-state index < -0.39 is 0 Å². The van der Waals surface area contributed by atoms with Crippen molar-refractivity contribution in [3.8, 4) is 5.75 Å². The van der Waals surface area contributed by atoms with Gasteiger partial charge in [-0.3, -0.25) is 14.6 Å². The first kappa shape index (κ1) is 19.6. The molecule has 1 aromatic heterocycles. The molecule has 2 N–H and O–H groups in total. The maximum absolute atomic E-state index is 12.8. The van der Waals surface area contributed by atoms with Gasteiger partial charge in [0, 0.05) is 22.9 Å². The Bertz CT molecular complexity index is 1110. The van der Waals surface area contributed by atoms with Crippen LogP contribution in [0.2, 0.25) is 0 Å². The third kappa shape index (κ3) is 4.49. The van der Waals surface area contributed by atoms with Gasteiger partial charge in [0.2, 0.25) is 0 Å². The molecule has 0 aliphatic heterocycles. The number of carbonyl (C=O) groups excluding carboxylic acids is 2. The van der Waals surface area contributed by atoms with Gasteiger partial charge in [-0.25, -0.2) is 0 Å². The molecule has 2 aromatic carbocycles. The Morgan fingerprint density at radius 2 is 1.77 bits per heavy atom. The van der Waals surface area contributed by atoms with Crippen molar-refractivity contribution in [2.45, 2.75) is 25.7 Å². The Morgan fingerprint density at radius 3 is 2.53 bits per heavy atom. The molecule has 1 heterocycles. The molecule has 6 nitrogen and oxygen atoms in total. The number of aromatic nitrogens is 1. The van der Waals surface area contributed by atoms with Crippen LogP contribution in [-0.4, -0.2) is 23.9 Å². The molecule has 152 valence electrons. The van der Waals surface area contributed by atoms with Gasteiger partial charge < -0.3 is 15.4 Å². The number of amides is 2. The number of methoxy groups -OCH3 is 1. The topological polar surface area (TPSA) is 80.3 Å². The summed E-state index contributed by atoms with van der Waals surface area (Å²) >= 11 is 0. The number of benzene rings is 2. The molecule has 1 aliphatic carbocycles. The average Bonchev–Trinajstić information content (AvgIpc) is 3.61. The summed E-state index contributed by atoms with van der Waals surface area (Å²) in [5, 5.41) is 5.72. The van der Waals surface area contributed by atoms with E-state index >= 15 is 0 Å². The third-order valence-corrected chi connectivity index (χ3v) is 5.14. The second kappa shape index (κ2) is 8.37. The average molecular weight is 401 g/mol. The van der Waals surface area contributed by atoms with Crippen molar-refractivity contribution < 1.29 is 14.3 Å². The summed E-state index contributed by atoms with van der Waals surface area (Å²) in [6.07, 6.45) is 5.48. The van der Waals surface area contributed by atoms with Gasteiger partial charge in [0.05, 0.1) is 25.2 Å². The number of pyridine rings is 1. The van der Waals surface area contributed by atoms with Gasteiger partial charge >= 0.3 is 0 Å². The van der Waals surface area contributed by atoms with Gasteiger partial charge in [-0.15, -0.1) is 0 Å². The van der Waals surface area contributed by atoms with E-state index in [2.05, 4.69) is 21.7 Å². The fourth-order valence-corrected chi connectivity index (χ4v) is 3.30. The van der Waals surface area contributed by atoms with Crippen LogP contribution in [0.15, 0.2) is 60.9 Å². The van der Waals surface area contributed by atoms with E-state index in [1.165, 1.54) is 18.4 Å². The van der Waals surface area contributed by atoms with Crippen molar-refractivity contribution in [1.29, 1.82) is 0 Å². The van der Waals surface area contributed by atoms with Gasteiger partial charge in [0.1, 0.15) is 5.75 Å². The molecule has 0 atom stereocenters. The lowest BCUT2D eigenvalue weighted by Gasteiger charge is -2.12. The molecule has 30 heavy (non-hydrogen) atoms. The van der Waals surface area contributed by atoms with Crippen molar-refractivity contribution in [1.82, 2.24) is 4.98 Å². The van der Waals surface area contributed by atoms with E-state index in [1.54, 1.807) is 43.8 Å². The van der Waals surface area contributed by atoms with Crippen molar-refractivity contribution in [2.24, 2.45) is 0 Å². The predicted molar refractivity (Wildman–Crippen MR) is 116 cm³/mol. The van der Waals surface area contributed by atoms with Gasteiger partial charge in [-0.05, 0) is 61.1 Å². The summed E-state index contributed by atoms with van der Waals surface area (Å²) in [5.41, 5.74) is 4.20. The van der Waals surface area contributed by atoms with E-state index in [1.807, 2.05) is 25.1 Å². The van der Waals surface area contributed by atoms with E-state index in [4.69, 9.17) is 4.74 Å². The number of nitrogens with zero attached hydrogens (tertiary/aromatic N) is 1. The number of nitrogens with one attached hydrogen (secondary N) is 2. The highest BCUT2D eigenvalue weighted by molar-refractivity contribution is 6.08. The SMILES string of the molecule is COc1cncc(NC(=O)c2cc(NC(=O)c3cccc(C4CC4)c3)ccc2C)c1. The molecule has 1 fully saturated rings. The molecular formula is C24H23N3O3. The van der Waals surface area contributed by atoms with Gasteiger partial charge in [0.25, 0.3) is 11.8 Å². The molecule has 0 saturated heterocycles. The van der Waals surface area contributed by atoms with Crippen LogP contribution in [0.4, 0.5) is 11.4 Å². The van der Waals surface area contributed by atoms with Gasteiger partial charge in [-0.2, -0.15) is 0 Å². The fraction of sp³-hybridized carbons (Fsp3) is 0.208. The van der Waals surface area contributed by atoms with E-state index in [-0.39, 0.29) is 11.8 Å². The van der Waals surface area contributed by atoms with E-state index in [0.717, 1.165) is 5.56 Å². The molecule has 6 heteroatoms. The summed E-state index contributed by atoms with van der Waals surface area (Å²) < 4.78 is 5.14. The lowest BCUT2D eigenvalue weighted by atomic mass is 10.1. The van der Waals surface area contributed by atoms with Crippen LogP contribution in [0, 0.1) is 6.92 Å². The normalized spacial score (nSPS) is 12.9. The van der Waals surface area contributed by atoms with Crippen molar-refractivity contribution >= 4 is 23.2 Å². The Kier molecular flexibility index (Phi) is 5.48. The number of hydrogen-bond acceptors (Lipinski definition) is 4.